The summed E-state index contributed by atoms with van der Waals surface area (Å²) >= 11 is 16.6. The highest BCUT2D eigenvalue weighted by Crippen LogP contribution is 2.29. The van der Waals surface area contributed by atoms with Crippen LogP contribution >= 0.6 is 34.8 Å². The van der Waals surface area contributed by atoms with Gasteiger partial charge in [0.2, 0.25) is 0 Å². The minimum absolute atomic E-state index is 0.450. The topological polar surface area (TPSA) is 26.3 Å². The Balaban J connectivity index is 2.92. The van der Waals surface area contributed by atoms with Gasteiger partial charge in [0.25, 0.3) is 3.79 Å². The minimum atomic E-state index is -2.05. The number of hydrogen-bond donors (Lipinski definition) is 0. The maximum Gasteiger partial charge on any atom is 0.363 e. The number of esters is 1. The first-order valence-corrected chi connectivity index (χ1v) is 8.42. The van der Waals surface area contributed by atoms with Crippen LogP contribution in [0.2, 0.25) is 0 Å². The van der Waals surface area contributed by atoms with Gasteiger partial charge < -0.3 is 4.74 Å². The van der Waals surface area contributed by atoms with Gasteiger partial charge in [0, 0.05) is 0 Å². The van der Waals surface area contributed by atoms with Crippen molar-refractivity contribution in [1.29, 1.82) is 0 Å². The Morgan fingerprint density at radius 3 is 1.86 bits per heavy atom. The fraction of sp³-hybridized carbons (Fsp3) is 0.562. The number of ether oxygens (including phenoxy) is 1. The summed E-state index contributed by atoms with van der Waals surface area (Å²) in [4.78, 5) is 11.7. The number of alkyl halides is 3. The third-order valence-electron chi connectivity index (χ3n) is 3.11. The molecule has 0 atom stereocenters. The Bertz CT molecular complexity index is 441. The fourth-order valence-electron chi connectivity index (χ4n) is 2.00. The van der Waals surface area contributed by atoms with E-state index < -0.39 is 9.76 Å². The lowest BCUT2D eigenvalue weighted by atomic mass is 10.0. The quantitative estimate of drug-likeness (QED) is 0.360. The number of halogens is 3. The summed E-state index contributed by atoms with van der Waals surface area (Å²) in [6.07, 6.45) is 6.32. The van der Waals surface area contributed by atoms with Gasteiger partial charge in [-0.3, -0.25) is 0 Å². The smallest absolute Gasteiger partial charge is 0.363 e. The highest BCUT2D eigenvalue weighted by molar-refractivity contribution is 6.75. The molecule has 0 saturated heterocycles. The van der Waals surface area contributed by atoms with Crippen LogP contribution in [0.5, 0.6) is 5.75 Å². The van der Waals surface area contributed by atoms with E-state index in [1.807, 2.05) is 12.1 Å². The van der Waals surface area contributed by atoms with E-state index >= 15 is 0 Å². The lowest BCUT2D eigenvalue weighted by Crippen LogP contribution is -2.24. The second-order valence-electron chi connectivity index (χ2n) is 5.08. The highest BCUT2D eigenvalue weighted by Gasteiger charge is 2.33. The molecule has 0 spiro atoms. The van der Waals surface area contributed by atoms with Crippen LogP contribution in [-0.4, -0.2) is 9.76 Å². The number of aryl methyl sites for hydroxylation is 2. The second-order valence-corrected chi connectivity index (χ2v) is 7.36. The minimum Gasteiger partial charge on any atom is -0.423 e. The van der Waals surface area contributed by atoms with Crippen LogP contribution in [0.25, 0.3) is 0 Å². The van der Waals surface area contributed by atoms with Crippen LogP contribution < -0.4 is 4.74 Å². The van der Waals surface area contributed by atoms with E-state index in [1.54, 1.807) is 0 Å². The zero-order chi connectivity index (χ0) is 15.9. The normalized spacial score (nSPS) is 11.5. The van der Waals surface area contributed by atoms with Gasteiger partial charge in [-0.25, -0.2) is 4.79 Å². The molecule has 0 aliphatic heterocycles. The summed E-state index contributed by atoms with van der Waals surface area (Å²) in [6, 6.07) is 5.86. The third kappa shape index (κ3) is 6.90. The molecule has 1 aromatic rings. The maximum atomic E-state index is 11.7. The van der Waals surface area contributed by atoms with Crippen molar-refractivity contribution in [3.8, 4) is 5.75 Å². The van der Waals surface area contributed by atoms with Crippen LogP contribution in [0.1, 0.15) is 50.7 Å². The zero-order valence-electron chi connectivity index (χ0n) is 12.4. The van der Waals surface area contributed by atoms with E-state index in [1.165, 1.54) is 0 Å². The van der Waals surface area contributed by atoms with Crippen molar-refractivity contribution in [3.63, 3.8) is 0 Å². The summed E-state index contributed by atoms with van der Waals surface area (Å²) in [5, 5.41) is 0. The van der Waals surface area contributed by atoms with Crippen molar-refractivity contribution in [2.45, 2.75) is 56.2 Å². The number of carbonyl (C=O) groups is 1. The molecule has 0 aliphatic carbocycles. The predicted molar refractivity (Wildman–Crippen MR) is 89.6 cm³/mol. The molecule has 0 N–H and O–H groups in total. The number of benzene rings is 1. The fourth-order valence-corrected chi connectivity index (χ4v) is 2.12. The summed E-state index contributed by atoms with van der Waals surface area (Å²) in [6.45, 7) is 4.29. The van der Waals surface area contributed by atoms with Crippen molar-refractivity contribution in [2.75, 3.05) is 0 Å². The molecule has 5 heteroatoms. The first kappa shape index (κ1) is 18.6. The first-order chi connectivity index (χ1) is 9.86. The summed E-state index contributed by atoms with van der Waals surface area (Å²) in [5.74, 6) is -0.424. The van der Waals surface area contributed by atoms with Gasteiger partial charge in [-0.15, -0.1) is 0 Å². The molecular weight excluding hydrogens is 331 g/mol. The van der Waals surface area contributed by atoms with E-state index in [4.69, 9.17) is 39.5 Å². The maximum absolute atomic E-state index is 11.7. The average molecular weight is 352 g/mol. The largest absolute Gasteiger partial charge is 0.423 e. The lowest BCUT2D eigenvalue weighted by molar-refractivity contribution is -0.133. The van der Waals surface area contributed by atoms with Crippen LogP contribution in [0.3, 0.4) is 0 Å². The Morgan fingerprint density at radius 2 is 1.48 bits per heavy atom. The molecule has 2 nitrogen and oxygen atoms in total. The molecule has 0 bridgehead atoms. The molecule has 0 amide bonds. The first-order valence-electron chi connectivity index (χ1n) is 7.28. The Labute approximate surface area is 141 Å². The van der Waals surface area contributed by atoms with E-state index in [0.29, 0.717) is 5.75 Å². The molecule has 0 heterocycles. The third-order valence-corrected chi connectivity index (χ3v) is 3.57. The van der Waals surface area contributed by atoms with Gasteiger partial charge in [0.1, 0.15) is 5.75 Å². The van der Waals surface area contributed by atoms with Gasteiger partial charge in [0.05, 0.1) is 0 Å². The van der Waals surface area contributed by atoms with Crippen molar-refractivity contribution >= 4 is 40.8 Å². The Kier molecular flexibility index (Phi) is 7.86. The van der Waals surface area contributed by atoms with Crippen LogP contribution in [0.4, 0.5) is 0 Å². The van der Waals surface area contributed by atoms with Crippen LogP contribution in [0.15, 0.2) is 18.2 Å². The standard InChI is InChI=1S/C16H21Cl3O2/c1-3-5-7-12-9-13(8-6-4-2)11-14(10-12)21-15(20)16(17,18)19/h9-11H,3-8H2,1-2H3. The molecule has 21 heavy (non-hydrogen) atoms. The van der Waals surface area contributed by atoms with Crippen LogP contribution in [0, 0.1) is 0 Å². The van der Waals surface area contributed by atoms with Crippen molar-refractivity contribution in [3.05, 3.63) is 29.3 Å². The van der Waals surface area contributed by atoms with E-state index in [9.17, 15) is 4.79 Å². The zero-order valence-corrected chi connectivity index (χ0v) is 14.7. The molecule has 0 aliphatic rings. The molecule has 0 saturated carbocycles. The summed E-state index contributed by atoms with van der Waals surface area (Å²) < 4.78 is 3.13. The average Bonchev–Trinajstić information content (AvgIpc) is 2.41. The Hall–Kier alpha value is -0.440. The van der Waals surface area contributed by atoms with E-state index in [0.717, 1.165) is 49.7 Å². The van der Waals surface area contributed by atoms with Gasteiger partial charge >= 0.3 is 5.97 Å². The van der Waals surface area contributed by atoms with E-state index in [-0.39, 0.29) is 0 Å². The molecule has 118 valence electrons. The van der Waals surface area contributed by atoms with Crippen LogP contribution in [-0.2, 0) is 17.6 Å². The van der Waals surface area contributed by atoms with E-state index in [2.05, 4.69) is 19.9 Å². The van der Waals surface area contributed by atoms with Crippen molar-refractivity contribution in [1.82, 2.24) is 0 Å². The van der Waals surface area contributed by atoms with Gasteiger partial charge in [-0.1, -0.05) is 67.6 Å². The monoisotopic (exact) mass is 350 g/mol. The Morgan fingerprint density at radius 1 is 1.00 bits per heavy atom. The molecular formula is C16H21Cl3O2. The van der Waals surface area contributed by atoms with Gasteiger partial charge in [-0.05, 0) is 48.9 Å². The summed E-state index contributed by atoms with van der Waals surface area (Å²) in [7, 11) is 0. The molecule has 0 aromatic heterocycles. The SMILES string of the molecule is CCCCc1cc(CCCC)cc(OC(=O)C(Cl)(Cl)Cl)c1. The predicted octanol–water partition coefficient (Wildman–Crippen LogP) is 5.65. The second kappa shape index (κ2) is 8.87. The lowest BCUT2D eigenvalue weighted by Gasteiger charge is -2.13. The molecule has 1 rings (SSSR count). The number of hydrogen-bond acceptors (Lipinski definition) is 2. The van der Waals surface area contributed by atoms with Gasteiger partial charge in [0.15, 0.2) is 0 Å². The molecule has 1 aromatic carbocycles. The van der Waals surface area contributed by atoms with Crippen molar-refractivity contribution in [2.24, 2.45) is 0 Å². The highest BCUT2D eigenvalue weighted by atomic mass is 35.6. The van der Waals surface area contributed by atoms with Gasteiger partial charge in [-0.2, -0.15) is 0 Å². The molecule has 0 radical (unpaired) electrons. The number of unbranched alkanes of at least 4 members (excludes halogenated alkanes) is 2. The molecule has 0 unspecified atom stereocenters. The number of carbonyl (C=O) groups excluding carboxylic acids is 1. The molecule has 0 fully saturated rings. The summed E-state index contributed by atoms with van der Waals surface area (Å²) in [5.41, 5.74) is 2.30. The van der Waals surface area contributed by atoms with Crippen molar-refractivity contribution < 1.29 is 9.53 Å². The number of rotatable bonds is 7.